The maximum Gasteiger partial charge on any atom is 0.213 e. The van der Waals surface area contributed by atoms with Gasteiger partial charge in [0, 0.05) is 44.0 Å². The average Bonchev–Trinajstić information content (AvgIpc) is 3.21. The molecule has 31 heavy (non-hydrogen) atoms. The zero-order valence-electron chi connectivity index (χ0n) is 18.9. The summed E-state index contributed by atoms with van der Waals surface area (Å²) in [4.78, 5) is 9.14. The minimum absolute atomic E-state index is 0. The van der Waals surface area contributed by atoms with Crippen LogP contribution in [0.3, 0.4) is 0 Å². The quantitative estimate of drug-likeness (QED) is 0.250. The van der Waals surface area contributed by atoms with Gasteiger partial charge in [-0.1, -0.05) is 6.92 Å². The van der Waals surface area contributed by atoms with Gasteiger partial charge in [-0.2, -0.15) is 0 Å². The van der Waals surface area contributed by atoms with E-state index in [1.54, 1.807) is 6.20 Å². The molecule has 1 saturated heterocycles. The smallest absolute Gasteiger partial charge is 0.213 e. The van der Waals surface area contributed by atoms with Crippen molar-refractivity contribution in [3.8, 4) is 5.88 Å². The normalized spacial score (nSPS) is 26.2. The highest BCUT2D eigenvalue weighted by molar-refractivity contribution is 14.0. The van der Waals surface area contributed by atoms with E-state index in [-0.39, 0.29) is 42.1 Å². The largest absolute Gasteiger partial charge is 0.474 e. The van der Waals surface area contributed by atoms with Crippen LogP contribution in [0.25, 0.3) is 0 Å². The number of aliphatic hydroxyl groups is 1. The van der Waals surface area contributed by atoms with Crippen molar-refractivity contribution in [1.82, 2.24) is 15.6 Å². The number of rotatable bonds is 9. The molecule has 0 aromatic carbocycles. The van der Waals surface area contributed by atoms with Crippen LogP contribution in [0.2, 0.25) is 0 Å². The third-order valence-electron chi connectivity index (χ3n) is 6.27. The van der Waals surface area contributed by atoms with Gasteiger partial charge in [0.25, 0.3) is 0 Å². The van der Waals surface area contributed by atoms with Crippen molar-refractivity contribution in [2.45, 2.75) is 65.0 Å². The van der Waals surface area contributed by atoms with Crippen molar-refractivity contribution >= 4 is 29.9 Å². The summed E-state index contributed by atoms with van der Waals surface area (Å²) in [6, 6.07) is 3.99. The number of aromatic nitrogens is 1. The highest BCUT2D eigenvalue weighted by atomic mass is 127. The molecule has 2 fully saturated rings. The van der Waals surface area contributed by atoms with Gasteiger partial charge in [-0.05, 0) is 63.0 Å². The van der Waals surface area contributed by atoms with Crippen LogP contribution >= 0.6 is 24.0 Å². The molecule has 1 aliphatic heterocycles. The van der Waals surface area contributed by atoms with Crippen molar-refractivity contribution in [3.63, 3.8) is 0 Å². The van der Waals surface area contributed by atoms with Crippen molar-refractivity contribution in [2.24, 2.45) is 16.3 Å². The number of nitrogens with one attached hydrogen (secondary N) is 2. The molecule has 2 aliphatic rings. The van der Waals surface area contributed by atoms with Gasteiger partial charge >= 0.3 is 0 Å². The van der Waals surface area contributed by atoms with E-state index in [1.165, 1.54) is 12.8 Å². The van der Waals surface area contributed by atoms with Crippen LogP contribution in [0.5, 0.6) is 5.88 Å². The van der Waals surface area contributed by atoms with E-state index in [0.717, 1.165) is 62.8 Å². The van der Waals surface area contributed by atoms with Gasteiger partial charge in [0.1, 0.15) is 6.10 Å². The van der Waals surface area contributed by atoms with Gasteiger partial charge < -0.3 is 25.2 Å². The molecule has 2 heterocycles. The number of hydrogen-bond donors (Lipinski definition) is 3. The predicted molar refractivity (Wildman–Crippen MR) is 134 cm³/mol. The molecule has 1 saturated carbocycles. The molecule has 3 rings (SSSR count). The Morgan fingerprint density at radius 1 is 1.32 bits per heavy atom. The maximum atomic E-state index is 9.42. The second kappa shape index (κ2) is 13.4. The molecule has 176 valence electrons. The van der Waals surface area contributed by atoms with Crippen LogP contribution in [-0.2, 0) is 11.3 Å². The van der Waals surface area contributed by atoms with Crippen LogP contribution in [0, 0.1) is 11.3 Å². The summed E-state index contributed by atoms with van der Waals surface area (Å²) in [7, 11) is 0. The van der Waals surface area contributed by atoms with E-state index in [9.17, 15) is 5.11 Å². The molecule has 3 N–H and O–H groups in total. The summed E-state index contributed by atoms with van der Waals surface area (Å²) in [6.45, 7) is 8.08. The van der Waals surface area contributed by atoms with Crippen molar-refractivity contribution in [1.29, 1.82) is 0 Å². The van der Waals surface area contributed by atoms with Gasteiger partial charge in [0.2, 0.25) is 5.88 Å². The first-order chi connectivity index (χ1) is 14.6. The zero-order valence-corrected chi connectivity index (χ0v) is 21.3. The highest BCUT2D eigenvalue weighted by Crippen LogP contribution is 2.31. The van der Waals surface area contributed by atoms with Gasteiger partial charge in [-0.25, -0.2) is 9.98 Å². The molecule has 0 spiro atoms. The Balaban J connectivity index is 0.00000341. The second-order valence-electron chi connectivity index (χ2n) is 8.83. The molecule has 8 heteroatoms. The molecule has 1 aromatic rings. The fourth-order valence-electron chi connectivity index (χ4n) is 4.23. The van der Waals surface area contributed by atoms with Gasteiger partial charge in [-0.15, -0.1) is 24.0 Å². The van der Waals surface area contributed by atoms with E-state index in [0.29, 0.717) is 19.0 Å². The summed E-state index contributed by atoms with van der Waals surface area (Å²) in [5, 5.41) is 16.2. The molecule has 7 nitrogen and oxygen atoms in total. The molecule has 1 atom stereocenters. The van der Waals surface area contributed by atoms with Crippen LogP contribution in [0.15, 0.2) is 23.3 Å². The Kier molecular flexibility index (Phi) is 11.3. The van der Waals surface area contributed by atoms with Gasteiger partial charge in [0.15, 0.2) is 5.96 Å². The van der Waals surface area contributed by atoms with E-state index < -0.39 is 0 Å². The highest BCUT2D eigenvalue weighted by Gasteiger charge is 2.34. The topological polar surface area (TPSA) is 88.0 Å². The van der Waals surface area contributed by atoms with Crippen LogP contribution in [0.4, 0.5) is 0 Å². The predicted octanol–water partition coefficient (Wildman–Crippen LogP) is 3.50. The molecule has 1 aromatic heterocycles. The Hall–Kier alpha value is -1.13. The van der Waals surface area contributed by atoms with Crippen molar-refractivity contribution in [3.05, 3.63) is 23.9 Å². The summed E-state index contributed by atoms with van der Waals surface area (Å²) in [6.07, 6.45) is 8.47. The molecule has 0 radical (unpaired) electrons. The van der Waals surface area contributed by atoms with E-state index in [1.807, 2.05) is 12.1 Å². The molecule has 1 unspecified atom stereocenters. The first-order valence-electron chi connectivity index (χ1n) is 11.4. The van der Waals surface area contributed by atoms with Gasteiger partial charge in [-0.3, -0.25) is 0 Å². The Bertz CT molecular complexity index is 675. The standard InChI is InChI=1S/C23H38N4O3.HI/c1-3-24-22(27-16-23(9-12-28)10-13-29-17-23)26-15-19-8-11-25-21(14-19)30-20-6-4-18(2)5-7-20;/h8,11,14,18,20,28H,3-7,9-10,12-13,15-17H2,1-2H3,(H2,24,26,27);1H. The van der Waals surface area contributed by atoms with E-state index >= 15 is 0 Å². The summed E-state index contributed by atoms with van der Waals surface area (Å²) in [5.74, 6) is 2.29. The average molecular weight is 546 g/mol. The fourth-order valence-corrected chi connectivity index (χ4v) is 4.23. The van der Waals surface area contributed by atoms with E-state index in [2.05, 4.69) is 29.5 Å². The third-order valence-corrected chi connectivity index (χ3v) is 6.27. The Morgan fingerprint density at radius 3 is 2.81 bits per heavy atom. The lowest BCUT2D eigenvalue weighted by molar-refractivity contribution is 0.127. The molecular weight excluding hydrogens is 507 g/mol. The minimum Gasteiger partial charge on any atom is -0.474 e. The lowest BCUT2D eigenvalue weighted by Crippen LogP contribution is -2.44. The lowest BCUT2D eigenvalue weighted by atomic mass is 9.84. The molecule has 1 aliphatic carbocycles. The number of aliphatic imine (C=N–C) groups is 1. The molecule has 0 amide bonds. The number of hydrogen-bond acceptors (Lipinski definition) is 5. The monoisotopic (exact) mass is 546 g/mol. The first kappa shape index (κ1) is 26.1. The number of halogens is 1. The molecular formula is C23H39IN4O3. The number of guanidine groups is 1. The minimum atomic E-state index is -0.0138. The van der Waals surface area contributed by atoms with Crippen molar-refractivity contribution in [2.75, 3.05) is 32.9 Å². The lowest BCUT2D eigenvalue weighted by Gasteiger charge is -2.27. The number of ether oxygens (including phenoxy) is 2. The second-order valence-corrected chi connectivity index (χ2v) is 8.83. The first-order valence-corrected chi connectivity index (χ1v) is 11.4. The van der Waals surface area contributed by atoms with E-state index in [4.69, 9.17) is 14.5 Å². The number of nitrogens with zero attached hydrogens (tertiary/aromatic N) is 2. The Labute approximate surface area is 203 Å². The number of pyridine rings is 1. The molecule has 0 bridgehead atoms. The van der Waals surface area contributed by atoms with Crippen LogP contribution < -0.4 is 15.4 Å². The number of aliphatic hydroxyl groups excluding tert-OH is 1. The SMILES string of the molecule is CCNC(=NCc1ccnc(OC2CCC(C)CC2)c1)NCC1(CCO)CCOC1.I. The van der Waals surface area contributed by atoms with Crippen molar-refractivity contribution < 1.29 is 14.6 Å². The van der Waals surface area contributed by atoms with Gasteiger partial charge in [0.05, 0.1) is 13.2 Å². The van der Waals surface area contributed by atoms with Crippen LogP contribution in [-0.4, -0.2) is 55.1 Å². The third kappa shape index (κ3) is 8.38. The summed E-state index contributed by atoms with van der Waals surface area (Å²) in [5.41, 5.74) is 1.07. The summed E-state index contributed by atoms with van der Waals surface area (Å²) >= 11 is 0. The Morgan fingerprint density at radius 2 is 2.13 bits per heavy atom. The fraction of sp³-hybridized carbons (Fsp3) is 0.739. The van der Waals surface area contributed by atoms with Crippen LogP contribution in [0.1, 0.15) is 57.9 Å². The maximum absolute atomic E-state index is 9.42. The zero-order chi connectivity index (χ0) is 21.2. The summed E-state index contributed by atoms with van der Waals surface area (Å²) < 4.78 is 11.7.